The van der Waals surface area contributed by atoms with Crippen LogP contribution in [-0.4, -0.2) is 45.5 Å². The van der Waals surface area contributed by atoms with Crippen molar-refractivity contribution in [2.45, 2.75) is 38.8 Å². The molecule has 1 aromatic carbocycles. The summed E-state index contributed by atoms with van der Waals surface area (Å²) in [7, 11) is 0. The number of benzene rings is 1. The Hall–Kier alpha value is -2.51. The van der Waals surface area contributed by atoms with E-state index in [1.807, 2.05) is 52.7 Å². The molecule has 0 N–H and O–H groups in total. The van der Waals surface area contributed by atoms with Crippen LogP contribution >= 0.6 is 11.3 Å². The average molecular weight is 411 g/mol. The zero-order valence-corrected chi connectivity index (χ0v) is 17.5. The van der Waals surface area contributed by atoms with Gasteiger partial charge in [0.15, 0.2) is 0 Å². The minimum atomic E-state index is -0.341. The quantitative estimate of drug-likeness (QED) is 0.552. The number of nitrogens with zero attached hydrogens (tertiary/aromatic N) is 4. The summed E-state index contributed by atoms with van der Waals surface area (Å²) in [6.07, 6.45) is 3.09. The molecule has 4 rings (SSSR count). The van der Waals surface area contributed by atoms with E-state index in [2.05, 4.69) is 22.0 Å². The van der Waals surface area contributed by atoms with Gasteiger partial charge in [-0.3, -0.25) is 9.69 Å². The Kier molecular flexibility index (Phi) is 6.36. The lowest BCUT2D eigenvalue weighted by atomic mass is 10.0. The highest BCUT2D eigenvalue weighted by Gasteiger charge is 2.33. The molecule has 152 valence electrons. The molecule has 0 unspecified atom stereocenters. The maximum Gasteiger partial charge on any atom is 0.257 e. The van der Waals surface area contributed by atoms with Crippen molar-refractivity contribution < 1.29 is 9.21 Å². The third kappa shape index (κ3) is 4.57. The zero-order valence-electron chi connectivity index (χ0n) is 16.7. The molecule has 2 aromatic heterocycles. The van der Waals surface area contributed by atoms with Gasteiger partial charge in [0.2, 0.25) is 11.8 Å². The topological polar surface area (TPSA) is 62.5 Å². The fourth-order valence-electron chi connectivity index (χ4n) is 3.83. The molecule has 3 aromatic rings. The van der Waals surface area contributed by atoms with Crippen LogP contribution in [0.4, 0.5) is 0 Å². The maximum absolute atomic E-state index is 13.5. The molecule has 1 aliphatic heterocycles. The standard InChI is InChI=1S/C22H26N4O2S/c1-2-12-26(16-19-23-24-21(28-19)18-11-8-15-29-18)20(17-9-4-3-5-10-17)22(27)25-13-6-7-14-25/h3-5,8-11,15,20H,2,6-7,12-14,16H2,1H3/t20-/m1/s1. The molecule has 1 fully saturated rings. The number of rotatable bonds is 8. The van der Waals surface area contributed by atoms with E-state index < -0.39 is 0 Å². The highest BCUT2D eigenvalue weighted by Crippen LogP contribution is 2.28. The van der Waals surface area contributed by atoms with Gasteiger partial charge in [0.25, 0.3) is 5.89 Å². The first kappa shape index (κ1) is 19.8. The van der Waals surface area contributed by atoms with Gasteiger partial charge in [-0.05, 0) is 42.8 Å². The summed E-state index contributed by atoms with van der Waals surface area (Å²) in [5, 5.41) is 10.4. The van der Waals surface area contributed by atoms with Crippen LogP contribution in [0.2, 0.25) is 0 Å². The Labute approximate surface area is 175 Å². The number of likely N-dealkylation sites (tertiary alicyclic amines) is 1. The fraction of sp³-hybridized carbons (Fsp3) is 0.409. The number of hydrogen-bond donors (Lipinski definition) is 0. The number of carbonyl (C=O) groups is 1. The Morgan fingerprint density at radius 2 is 1.97 bits per heavy atom. The maximum atomic E-state index is 13.5. The lowest BCUT2D eigenvalue weighted by molar-refractivity contribution is -0.136. The second-order valence-electron chi connectivity index (χ2n) is 7.29. The predicted octanol–water partition coefficient (Wildman–Crippen LogP) is 4.37. The first-order valence-electron chi connectivity index (χ1n) is 10.2. The summed E-state index contributed by atoms with van der Waals surface area (Å²) in [6.45, 7) is 5.03. The van der Waals surface area contributed by atoms with Crippen molar-refractivity contribution in [2.24, 2.45) is 0 Å². The molecular formula is C22H26N4O2S. The number of amides is 1. The first-order valence-corrected chi connectivity index (χ1v) is 11.1. The van der Waals surface area contributed by atoms with Crippen LogP contribution in [0.25, 0.3) is 10.8 Å². The van der Waals surface area contributed by atoms with E-state index >= 15 is 0 Å². The third-order valence-corrected chi connectivity index (χ3v) is 6.04. The summed E-state index contributed by atoms with van der Waals surface area (Å²) >= 11 is 1.57. The van der Waals surface area contributed by atoms with E-state index in [0.717, 1.165) is 49.3 Å². The number of hydrogen-bond acceptors (Lipinski definition) is 6. The molecule has 0 radical (unpaired) electrons. The van der Waals surface area contributed by atoms with Crippen LogP contribution in [0, 0.1) is 0 Å². The number of thiophene rings is 1. The molecule has 3 heterocycles. The lowest BCUT2D eigenvalue weighted by Crippen LogP contribution is -2.42. The first-order chi connectivity index (χ1) is 14.3. The minimum Gasteiger partial charge on any atom is -0.419 e. The van der Waals surface area contributed by atoms with Gasteiger partial charge in [-0.1, -0.05) is 43.3 Å². The molecule has 1 aliphatic rings. The van der Waals surface area contributed by atoms with Crippen molar-refractivity contribution in [3.8, 4) is 10.8 Å². The van der Waals surface area contributed by atoms with Gasteiger partial charge in [-0.2, -0.15) is 0 Å². The molecule has 6 nitrogen and oxygen atoms in total. The molecule has 1 atom stereocenters. The van der Waals surface area contributed by atoms with Crippen molar-refractivity contribution in [2.75, 3.05) is 19.6 Å². The summed E-state index contributed by atoms with van der Waals surface area (Å²) in [5.74, 6) is 1.24. The molecule has 0 spiro atoms. The molecule has 1 saturated heterocycles. The molecule has 7 heteroatoms. The molecule has 0 bridgehead atoms. The predicted molar refractivity (Wildman–Crippen MR) is 113 cm³/mol. The van der Waals surface area contributed by atoms with Gasteiger partial charge in [0, 0.05) is 13.1 Å². The van der Waals surface area contributed by atoms with Crippen molar-refractivity contribution >= 4 is 17.2 Å². The monoisotopic (exact) mass is 410 g/mol. The molecule has 29 heavy (non-hydrogen) atoms. The number of carbonyl (C=O) groups excluding carboxylic acids is 1. The normalized spacial score (nSPS) is 15.2. The van der Waals surface area contributed by atoms with Gasteiger partial charge in [0.1, 0.15) is 6.04 Å². The van der Waals surface area contributed by atoms with E-state index in [1.54, 1.807) is 11.3 Å². The molecular weight excluding hydrogens is 384 g/mol. The summed E-state index contributed by atoms with van der Waals surface area (Å²) in [6, 6.07) is 13.6. The van der Waals surface area contributed by atoms with Crippen LogP contribution in [0.15, 0.2) is 52.3 Å². The minimum absolute atomic E-state index is 0.167. The Morgan fingerprint density at radius 1 is 1.17 bits per heavy atom. The Balaban J connectivity index is 1.61. The highest BCUT2D eigenvalue weighted by atomic mass is 32.1. The van der Waals surface area contributed by atoms with E-state index in [9.17, 15) is 4.79 Å². The van der Waals surface area contributed by atoms with Crippen LogP contribution in [-0.2, 0) is 11.3 Å². The van der Waals surface area contributed by atoms with Gasteiger partial charge >= 0.3 is 0 Å². The van der Waals surface area contributed by atoms with Crippen LogP contribution in [0.1, 0.15) is 43.7 Å². The summed E-state index contributed by atoms with van der Waals surface area (Å²) < 4.78 is 5.92. The fourth-order valence-corrected chi connectivity index (χ4v) is 4.48. The third-order valence-electron chi connectivity index (χ3n) is 5.18. The average Bonchev–Trinajstić information content (AvgIpc) is 3.50. The van der Waals surface area contributed by atoms with Gasteiger partial charge in [-0.15, -0.1) is 21.5 Å². The molecule has 1 amide bonds. The van der Waals surface area contributed by atoms with E-state index in [-0.39, 0.29) is 11.9 Å². The van der Waals surface area contributed by atoms with Crippen molar-refractivity contribution in [3.05, 3.63) is 59.3 Å². The second kappa shape index (κ2) is 9.33. The van der Waals surface area contributed by atoms with Gasteiger partial charge in [0.05, 0.1) is 11.4 Å². The smallest absolute Gasteiger partial charge is 0.257 e. The van der Waals surface area contributed by atoms with Crippen molar-refractivity contribution in [1.82, 2.24) is 20.0 Å². The summed E-state index contributed by atoms with van der Waals surface area (Å²) in [4.78, 5) is 18.6. The van der Waals surface area contributed by atoms with Crippen LogP contribution in [0.3, 0.4) is 0 Å². The highest BCUT2D eigenvalue weighted by molar-refractivity contribution is 7.13. The summed E-state index contributed by atoms with van der Waals surface area (Å²) in [5.41, 5.74) is 1.01. The lowest BCUT2D eigenvalue weighted by Gasteiger charge is -2.32. The SMILES string of the molecule is CCCN(Cc1nnc(-c2cccs2)o1)[C@@H](C(=O)N1CCCC1)c1ccccc1. The van der Waals surface area contributed by atoms with Gasteiger partial charge in [-0.25, -0.2) is 0 Å². The van der Waals surface area contributed by atoms with E-state index in [0.29, 0.717) is 18.3 Å². The number of aromatic nitrogens is 2. The zero-order chi connectivity index (χ0) is 20.1. The Morgan fingerprint density at radius 3 is 2.66 bits per heavy atom. The second-order valence-corrected chi connectivity index (χ2v) is 8.24. The van der Waals surface area contributed by atoms with Crippen LogP contribution in [0.5, 0.6) is 0 Å². The van der Waals surface area contributed by atoms with Crippen molar-refractivity contribution in [3.63, 3.8) is 0 Å². The van der Waals surface area contributed by atoms with Crippen molar-refractivity contribution in [1.29, 1.82) is 0 Å². The molecule has 0 aliphatic carbocycles. The largest absolute Gasteiger partial charge is 0.419 e. The van der Waals surface area contributed by atoms with E-state index in [1.165, 1.54) is 0 Å². The van der Waals surface area contributed by atoms with Crippen LogP contribution < -0.4 is 0 Å². The van der Waals surface area contributed by atoms with E-state index in [4.69, 9.17) is 4.42 Å². The Bertz CT molecular complexity index is 904. The molecule has 0 saturated carbocycles. The van der Waals surface area contributed by atoms with Gasteiger partial charge < -0.3 is 9.32 Å².